The molecular weight excluding hydrogens is 332 g/mol. The van der Waals surface area contributed by atoms with Crippen LogP contribution in [0.2, 0.25) is 0 Å². The highest BCUT2D eigenvalue weighted by Gasteiger charge is 2.11. The third-order valence-electron chi connectivity index (χ3n) is 4.43. The number of alkyl halides is 1. The van der Waals surface area contributed by atoms with Crippen molar-refractivity contribution in [3.63, 3.8) is 0 Å². The average Bonchev–Trinajstić information content (AvgIpc) is 3.01. The fourth-order valence-electron chi connectivity index (χ4n) is 3.22. The highest BCUT2D eigenvalue weighted by Crippen LogP contribution is 2.31. The van der Waals surface area contributed by atoms with E-state index in [-0.39, 0.29) is 5.88 Å². The Labute approximate surface area is 151 Å². The van der Waals surface area contributed by atoms with Crippen LogP contribution in [0.5, 0.6) is 0 Å². The molecule has 3 aromatic carbocycles. The Kier molecular flexibility index (Phi) is 4.35. The number of aliphatic hydroxyl groups excluding tert-OH is 1. The number of anilines is 1. The lowest BCUT2D eigenvalue weighted by Gasteiger charge is -2.12. The van der Waals surface area contributed by atoms with E-state index < -0.39 is 6.10 Å². The topological polar surface area (TPSA) is 37.2 Å². The van der Waals surface area contributed by atoms with Crippen molar-refractivity contribution < 1.29 is 5.11 Å². The quantitative estimate of drug-likeness (QED) is 0.507. The molecule has 1 aromatic heterocycles. The largest absolute Gasteiger partial charge is 0.390 e. The standard InChI is InChI=1S/C21H19ClN2O/c22-13-17(25)14-23-15-9-11-16(12-10-15)24-20-7-3-1-5-18(20)19-6-2-4-8-21(19)24/h1-12,17,23,25H,13-14H2. The number of benzene rings is 3. The lowest BCUT2D eigenvalue weighted by Crippen LogP contribution is -2.20. The number of aliphatic hydroxyl groups is 1. The summed E-state index contributed by atoms with van der Waals surface area (Å²) in [5, 5.41) is 15.3. The zero-order valence-electron chi connectivity index (χ0n) is 13.7. The van der Waals surface area contributed by atoms with Crippen LogP contribution in [0.1, 0.15) is 0 Å². The van der Waals surface area contributed by atoms with Crippen LogP contribution >= 0.6 is 11.6 Å². The molecule has 1 unspecified atom stereocenters. The van der Waals surface area contributed by atoms with E-state index in [1.165, 1.54) is 21.8 Å². The third kappa shape index (κ3) is 2.97. The minimum absolute atomic E-state index is 0.229. The summed E-state index contributed by atoms with van der Waals surface area (Å²) in [5.74, 6) is 0.229. The van der Waals surface area contributed by atoms with Gasteiger partial charge in [0, 0.05) is 28.7 Å². The Morgan fingerprint density at radius 1 is 0.840 bits per heavy atom. The van der Waals surface area contributed by atoms with Gasteiger partial charge in [-0.05, 0) is 36.4 Å². The van der Waals surface area contributed by atoms with E-state index in [4.69, 9.17) is 11.6 Å². The van der Waals surface area contributed by atoms with E-state index in [0.29, 0.717) is 6.54 Å². The van der Waals surface area contributed by atoms with Gasteiger partial charge in [0.05, 0.1) is 23.0 Å². The number of aromatic nitrogens is 1. The molecule has 0 amide bonds. The molecular formula is C21H19ClN2O. The van der Waals surface area contributed by atoms with Gasteiger partial charge in [0.25, 0.3) is 0 Å². The summed E-state index contributed by atoms with van der Waals surface area (Å²) < 4.78 is 2.28. The van der Waals surface area contributed by atoms with Gasteiger partial charge >= 0.3 is 0 Å². The summed E-state index contributed by atoms with van der Waals surface area (Å²) in [6.45, 7) is 0.443. The van der Waals surface area contributed by atoms with Crippen molar-refractivity contribution in [2.24, 2.45) is 0 Å². The summed E-state index contributed by atoms with van der Waals surface area (Å²) in [5.41, 5.74) is 4.47. The number of nitrogens with zero attached hydrogens (tertiary/aromatic N) is 1. The van der Waals surface area contributed by atoms with Gasteiger partial charge in [-0.2, -0.15) is 0 Å². The van der Waals surface area contributed by atoms with Crippen LogP contribution < -0.4 is 5.32 Å². The smallest absolute Gasteiger partial charge is 0.0847 e. The molecule has 25 heavy (non-hydrogen) atoms. The van der Waals surface area contributed by atoms with E-state index in [0.717, 1.165) is 11.4 Å². The molecule has 0 aliphatic heterocycles. The summed E-state index contributed by atoms with van der Waals surface area (Å²) >= 11 is 5.63. The molecule has 3 nitrogen and oxygen atoms in total. The Hall–Kier alpha value is -2.49. The van der Waals surface area contributed by atoms with Gasteiger partial charge in [0.1, 0.15) is 0 Å². The maximum atomic E-state index is 9.56. The second kappa shape index (κ2) is 6.79. The van der Waals surface area contributed by atoms with Gasteiger partial charge in [-0.15, -0.1) is 11.6 Å². The number of nitrogens with one attached hydrogen (secondary N) is 1. The van der Waals surface area contributed by atoms with Crippen molar-refractivity contribution in [3.05, 3.63) is 72.8 Å². The Morgan fingerprint density at radius 2 is 1.40 bits per heavy atom. The van der Waals surface area contributed by atoms with Crippen molar-refractivity contribution in [3.8, 4) is 5.69 Å². The number of halogens is 1. The predicted molar refractivity (Wildman–Crippen MR) is 106 cm³/mol. The lowest BCUT2D eigenvalue weighted by atomic mass is 10.2. The SMILES string of the molecule is OC(CCl)CNc1ccc(-n2c3ccccc3c3ccccc32)cc1. The molecule has 0 fully saturated rings. The molecule has 0 saturated carbocycles. The molecule has 1 heterocycles. The monoisotopic (exact) mass is 350 g/mol. The minimum atomic E-state index is -0.543. The van der Waals surface area contributed by atoms with Crippen LogP contribution in [0.3, 0.4) is 0 Å². The van der Waals surface area contributed by atoms with Gasteiger partial charge in [-0.3, -0.25) is 0 Å². The summed E-state index contributed by atoms with van der Waals surface area (Å²) in [4.78, 5) is 0. The van der Waals surface area contributed by atoms with Gasteiger partial charge in [-0.25, -0.2) is 0 Å². The molecule has 4 aromatic rings. The molecule has 0 aliphatic carbocycles. The van der Waals surface area contributed by atoms with Crippen LogP contribution in [0.15, 0.2) is 72.8 Å². The third-order valence-corrected chi connectivity index (χ3v) is 4.78. The summed E-state index contributed by atoms with van der Waals surface area (Å²) in [7, 11) is 0. The maximum Gasteiger partial charge on any atom is 0.0847 e. The number of fused-ring (bicyclic) bond motifs is 3. The van der Waals surface area contributed by atoms with Crippen LogP contribution in [-0.2, 0) is 0 Å². The first kappa shape index (κ1) is 16.0. The maximum absolute atomic E-state index is 9.56. The summed E-state index contributed by atoms with van der Waals surface area (Å²) in [6.07, 6.45) is -0.543. The second-order valence-electron chi connectivity index (χ2n) is 6.11. The van der Waals surface area contributed by atoms with E-state index in [1.54, 1.807) is 0 Å². The molecule has 4 heteroatoms. The van der Waals surface area contributed by atoms with Crippen LogP contribution in [0.25, 0.3) is 27.5 Å². The molecule has 0 radical (unpaired) electrons. The van der Waals surface area contributed by atoms with Crippen LogP contribution in [0.4, 0.5) is 5.69 Å². The zero-order chi connectivity index (χ0) is 17.2. The number of hydrogen-bond acceptors (Lipinski definition) is 2. The Bertz CT molecular complexity index is 954. The van der Waals surface area contributed by atoms with E-state index in [9.17, 15) is 5.11 Å². The highest BCUT2D eigenvalue weighted by molar-refractivity contribution is 6.18. The predicted octanol–water partition coefficient (Wildman–Crippen LogP) is 4.80. The van der Waals surface area contributed by atoms with Crippen molar-refractivity contribution in [1.82, 2.24) is 4.57 Å². The first-order valence-corrected chi connectivity index (χ1v) is 8.88. The van der Waals surface area contributed by atoms with Gasteiger partial charge in [0.15, 0.2) is 0 Å². The molecule has 0 aliphatic rings. The Balaban J connectivity index is 1.76. The van der Waals surface area contributed by atoms with Crippen molar-refractivity contribution in [2.45, 2.75) is 6.10 Å². The van der Waals surface area contributed by atoms with Crippen molar-refractivity contribution in [2.75, 3.05) is 17.7 Å². The number of para-hydroxylation sites is 2. The summed E-state index contributed by atoms with van der Waals surface area (Å²) in [6, 6.07) is 25.2. The van der Waals surface area contributed by atoms with Crippen LogP contribution in [0, 0.1) is 0 Å². The molecule has 4 rings (SSSR count). The van der Waals surface area contributed by atoms with Gasteiger partial charge < -0.3 is 15.0 Å². The molecule has 1 atom stereocenters. The highest BCUT2D eigenvalue weighted by atomic mass is 35.5. The fraction of sp³-hybridized carbons (Fsp3) is 0.143. The van der Waals surface area contributed by atoms with Gasteiger partial charge in [-0.1, -0.05) is 36.4 Å². The van der Waals surface area contributed by atoms with Crippen molar-refractivity contribution >= 4 is 39.1 Å². The first-order valence-electron chi connectivity index (χ1n) is 8.34. The van der Waals surface area contributed by atoms with E-state index in [1.807, 2.05) is 12.1 Å². The molecule has 2 N–H and O–H groups in total. The lowest BCUT2D eigenvalue weighted by molar-refractivity contribution is 0.211. The molecule has 0 saturated heterocycles. The average molecular weight is 351 g/mol. The second-order valence-corrected chi connectivity index (χ2v) is 6.41. The van der Waals surface area contributed by atoms with Crippen molar-refractivity contribution in [1.29, 1.82) is 0 Å². The van der Waals surface area contributed by atoms with E-state index >= 15 is 0 Å². The molecule has 126 valence electrons. The van der Waals surface area contributed by atoms with Crippen LogP contribution in [-0.4, -0.2) is 28.2 Å². The minimum Gasteiger partial charge on any atom is -0.390 e. The van der Waals surface area contributed by atoms with Gasteiger partial charge in [0.2, 0.25) is 0 Å². The first-order chi connectivity index (χ1) is 12.3. The number of rotatable bonds is 5. The molecule has 0 bridgehead atoms. The van der Waals surface area contributed by atoms with E-state index in [2.05, 4.69) is 70.5 Å². The Morgan fingerprint density at radius 3 is 1.96 bits per heavy atom. The number of hydrogen-bond donors (Lipinski definition) is 2. The fourth-order valence-corrected chi connectivity index (χ4v) is 3.33. The normalized spacial score (nSPS) is 12.6. The molecule has 0 spiro atoms. The zero-order valence-corrected chi connectivity index (χ0v) is 14.4.